The van der Waals surface area contributed by atoms with Gasteiger partial charge in [0.05, 0.1) is 16.9 Å². The van der Waals surface area contributed by atoms with Crippen molar-refractivity contribution in [3.8, 4) is 0 Å². The van der Waals surface area contributed by atoms with Crippen molar-refractivity contribution in [1.82, 2.24) is 15.7 Å². The van der Waals surface area contributed by atoms with Crippen molar-refractivity contribution in [1.29, 1.82) is 0 Å². The molecule has 1 aromatic carbocycles. The van der Waals surface area contributed by atoms with Crippen LogP contribution in [-0.4, -0.2) is 52.5 Å². The molecule has 0 unspecified atom stereocenters. The number of carbonyl (C=O) groups excluding carboxylic acids is 2. The molecule has 2 heterocycles. The molecule has 0 radical (unpaired) electrons. The molecule has 1 aromatic rings. The van der Waals surface area contributed by atoms with Gasteiger partial charge in [-0.15, -0.1) is 0 Å². The van der Waals surface area contributed by atoms with Crippen molar-refractivity contribution < 1.29 is 19.7 Å². The quantitative estimate of drug-likeness (QED) is 0.392. The summed E-state index contributed by atoms with van der Waals surface area (Å²) in [5, 5.41) is 23.3. The van der Waals surface area contributed by atoms with E-state index in [-0.39, 0.29) is 17.0 Å². The van der Waals surface area contributed by atoms with Crippen molar-refractivity contribution in [2.24, 2.45) is 11.3 Å². The van der Waals surface area contributed by atoms with Crippen LogP contribution >= 0.6 is 0 Å². The second-order valence-corrected chi connectivity index (χ2v) is 8.72. The van der Waals surface area contributed by atoms with E-state index in [1.807, 2.05) is 6.92 Å². The fourth-order valence-electron chi connectivity index (χ4n) is 4.75. The third-order valence-corrected chi connectivity index (χ3v) is 6.74. The first kappa shape index (κ1) is 20.5. The standard InChI is InChI=1S/C21H26N4O5/c1-13-11-24(9-6-16(13)14-2-4-15(5-3-14)25(29)30)20(27)18-17(19(26)23-28)10-21(7-8-21)12-22-18/h2-5,17-18,22,28H,6-12H2,1H3,(H,23,26)/t17-,18-/m0/s1. The number of nitrogens with one attached hydrogen (secondary N) is 2. The largest absolute Gasteiger partial charge is 0.337 e. The molecule has 30 heavy (non-hydrogen) atoms. The summed E-state index contributed by atoms with van der Waals surface area (Å²) in [5.41, 5.74) is 4.92. The molecule has 1 aliphatic carbocycles. The first-order valence-corrected chi connectivity index (χ1v) is 10.2. The van der Waals surface area contributed by atoms with Gasteiger partial charge >= 0.3 is 0 Å². The molecule has 160 valence electrons. The highest BCUT2D eigenvalue weighted by molar-refractivity contribution is 5.91. The summed E-state index contributed by atoms with van der Waals surface area (Å²) in [6.45, 7) is 3.64. The van der Waals surface area contributed by atoms with Gasteiger partial charge in [0.1, 0.15) is 0 Å². The molecule has 1 spiro atoms. The summed E-state index contributed by atoms with van der Waals surface area (Å²) >= 11 is 0. The van der Waals surface area contributed by atoms with E-state index in [1.165, 1.54) is 12.1 Å². The average Bonchev–Trinajstić information content (AvgIpc) is 3.51. The lowest BCUT2D eigenvalue weighted by molar-refractivity contribution is -0.384. The molecule has 9 heteroatoms. The summed E-state index contributed by atoms with van der Waals surface area (Å²) < 4.78 is 0. The predicted octanol–water partition coefficient (Wildman–Crippen LogP) is 1.86. The summed E-state index contributed by atoms with van der Waals surface area (Å²) in [5.74, 6) is -1.22. The molecular formula is C21H26N4O5. The molecule has 3 aliphatic rings. The molecule has 2 atom stereocenters. The van der Waals surface area contributed by atoms with E-state index in [2.05, 4.69) is 5.32 Å². The van der Waals surface area contributed by atoms with E-state index in [9.17, 15) is 19.7 Å². The SMILES string of the molecule is CC1=C(c2ccc([N+](=O)[O-])cc2)CCN(C(=O)[C@H]2NCC3(CC3)C[C@@H]2C(=O)NO)C1. The third-order valence-electron chi connectivity index (χ3n) is 6.74. The Hall–Kier alpha value is -2.78. The molecule has 0 aromatic heterocycles. The number of non-ortho nitro benzene ring substituents is 1. The number of nitro groups is 1. The van der Waals surface area contributed by atoms with Crippen LogP contribution in [0, 0.1) is 21.4 Å². The minimum Gasteiger partial charge on any atom is -0.337 e. The monoisotopic (exact) mass is 414 g/mol. The number of hydroxylamine groups is 1. The third kappa shape index (κ3) is 3.82. The summed E-state index contributed by atoms with van der Waals surface area (Å²) in [7, 11) is 0. The molecule has 2 amide bonds. The first-order chi connectivity index (χ1) is 14.3. The fraction of sp³-hybridized carbons (Fsp3) is 0.524. The average molecular weight is 414 g/mol. The Bertz CT molecular complexity index is 906. The lowest BCUT2D eigenvalue weighted by Crippen LogP contribution is -2.59. The number of hydrogen-bond acceptors (Lipinski definition) is 6. The van der Waals surface area contributed by atoms with Crippen LogP contribution in [0.15, 0.2) is 29.8 Å². The first-order valence-electron chi connectivity index (χ1n) is 10.2. The maximum absolute atomic E-state index is 13.2. The normalized spacial score (nSPS) is 25.2. The molecule has 1 saturated carbocycles. The van der Waals surface area contributed by atoms with Gasteiger partial charge in [0.15, 0.2) is 0 Å². The van der Waals surface area contributed by atoms with Crippen molar-refractivity contribution in [2.45, 2.75) is 38.6 Å². The predicted molar refractivity (Wildman–Crippen MR) is 108 cm³/mol. The Morgan fingerprint density at radius 3 is 2.57 bits per heavy atom. The molecule has 1 saturated heterocycles. The van der Waals surface area contributed by atoms with Gasteiger partial charge in [0, 0.05) is 31.8 Å². The van der Waals surface area contributed by atoms with Gasteiger partial charge in [-0.2, -0.15) is 0 Å². The molecule has 2 aliphatic heterocycles. The Morgan fingerprint density at radius 2 is 2.00 bits per heavy atom. The van der Waals surface area contributed by atoms with Crippen molar-refractivity contribution in [3.63, 3.8) is 0 Å². The number of carbonyl (C=O) groups is 2. The maximum Gasteiger partial charge on any atom is 0.269 e. The summed E-state index contributed by atoms with van der Waals surface area (Å²) in [6, 6.07) is 5.83. The van der Waals surface area contributed by atoms with E-state index in [0.29, 0.717) is 25.9 Å². The number of nitro benzene ring substituents is 1. The van der Waals surface area contributed by atoms with E-state index in [4.69, 9.17) is 5.21 Å². The van der Waals surface area contributed by atoms with E-state index >= 15 is 0 Å². The molecule has 0 bridgehead atoms. The Kier molecular flexibility index (Phi) is 5.33. The molecule has 9 nitrogen and oxygen atoms in total. The van der Waals surface area contributed by atoms with Crippen LogP contribution in [0.1, 0.15) is 38.2 Å². The zero-order valence-electron chi connectivity index (χ0n) is 16.9. The summed E-state index contributed by atoms with van der Waals surface area (Å²) in [4.78, 5) is 37.6. The number of hydrogen-bond donors (Lipinski definition) is 3. The summed E-state index contributed by atoms with van der Waals surface area (Å²) in [6.07, 6.45) is 3.34. The van der Waals surface area contributed by atoms with Crippen molar-refractivity contribution in [2.75, 3.05) is 19.6 Å². The highest BCUT2D eigenvalue weighted by Crippen LogP contribution is 2.52. The topological polar surface area (TPSA) is 125 Å². The second-order valence-electron chi connectivity index (χ2n) is 8.72. The lowest BCUT2D eigenvalue weighted by Gasteiger charge is -2.39. The number of benzene rings is 1. The van der Waals surface area contributed by atoms with Crippen LogP contribution in [0.5, 0.6) is 0 Å². The number of amides is 2. The van der Waals surface area contributed by atoms with Crippen LogP contribution in [0.2, 0.25) is 0 Å². The lowest BCUT2D eigenvalue weighted by atomic mass is 9.81. The zero-order chi connectivity index (χ0) is 21.5. The highest BCUT2D eigenvalue weighted by Gasteiger charge is 2.52. The molecule has 4 rings (SSSR count). The Labute approximate surface area is 174 Å². The zero-order valence-corrected chi connectivity index (χ0v) is 16.9. The minimum atomic E-state index is -0.642. The van der Waals surface area contributed by atoms with Crippen LogP contribution < -0.4 is 10.8 Å². The van der Waals surface area contributed by atoms with Gasteiger partial charge in [-0.3, -0.25) is 24.9 Å². The number of rotatable bonds is 4. The number of piperidine rings is 1. The van der Waals surface area contributed by atoms with Gasteiger partial charge < -0.3 is 10.2 Å². The van der Waals surface area contributed by atoms with E-state index in [1.54, 1.807) is 22.5 Å². The molecule has 3 N–H and O–H groups in total. The maximum atomic E-state index is 13.2. The van der Waals surface area contributed by atoms with Crippen molar-refractivity contribution in [3.05, 3.63) is 45.5 Å². The minimum absolute atomic E-state index is 0.0506. The van der Waals surface area contributed by atoms with Crippen LogP contribution in [0.25, 0.3) is 5.57 Å². The highest BCUT2D eigenvalue weighted by atomic mass is 16.6. The smallest absolute Gasteiger partial charge is 0.269 e. The van der Waals surface area contributed by atoms with Gasteiger partial charge in [-0.05, 0) is 61.3 Å². The molecule has 2 fully saturated rings. The van der Waals surface area contributed by atoms with Crippen LogP contribution in [0.3, 0.4) is 0 Å². The number of nitrogens with zero attached hydrogens (tertiary/aromatic N) is 2. The van der Waals surface area contributed by atoms with Gasteiger partial charge in [0.25, 0.3) is 5.69 Å². The van der Waals surface area contributed by atoms with Crippen molar-refractivity contribution >= 4 is 23.1 Å². The van der Waals surface area contributed by atoms with E-state index < -0.39 is 22.8 Å². The molecular weight excluding hydrogens is 388 g/mol. The Morgan fingerprint density at radius 1 is 1.30 bits per heavy atom. The van der Waals surface area contributed by atoms with E-state index in [0.717, 1.165) is 36.1 Å². The Balaban J connectivity index is 1.48. The second kappa shape index (κ2) is 7.81. The van der Waals surface area contributed by atoms with Gasteiger partial charge in [0.2, 0.25) is 11.8 Å². The van der Waals surface area contributed by atoms with Crippen LogP contribution in [-0.2, 0) is 9.59 Å². The van der Waals surface area contributed by atoms with Crippen LogP contribution in [0.4, 0.5) is 5.69 Å². The van der Waals surface area contributed by atoms with Gasteiger partial charge in [-0.25, -0.2) is 5.48 Å². The fourth-order valence-corrected chi connectivity index (χ4v) is 4.75. The van der Waals surface area contributed by atoms with Gasteiger partial charge in [-0.1, -0.05) is 5.57 Å².